The molecule has 2 nitrogen and oxygen atoms in total. The van der Waals surface area contributed by atoms with Crippen LogP contribution in [0.2, 0.25) is 0 Å². The second-order valence-corrected chi connectivity index (χ2v) is 7.77. The summed E-state index contributed by atoms with van der Waals surface area (Å²) >= 11 is 0. The predicted molar refractivity (Wildman–Crippen MR) is 97.1 cm³/mol. The number of hydrogen-bond donors (Lipinski definition) is 1. The highest BCUT2D eigenvalue weighted by molar-refractivity contribution is 4.67. The van der Waals surface area contributed by atoms with Gasteiger partial charge in [0.2, 0.25) is 0 Å². The van der Waals surface area contributed by atoms with Crippen LogP contribution in [0.15, 0.2) is 0 Å². The van der Waals surface area contributed by atoms with Crippen LogP contribution >= 0.6 is 0 Å². The monoisotopic (exact) mass is 391 g/mol. The second-order valence-electron chi connectivity index (χ2n) is 7.77. The standard InChI is InChI=1S/C20H42NO.BrH/c1-3-4-5-6-7-8-9-10-14-17-21(2,18-19-22)20-15-12-11-13-16-20;/h20,22H,3-19H2,1-2H3;1H/q+1;/p-1. The molecule has 0 aromatic heterocycles. The van der Waals surface area contributed by atoms with Crippen molar-refractivity contribution < 1.29 is 26.6 Å². The van der Waals surface area contributed by atoms with Crippen molar-refractivity contribution in [2.75, 3.05) is 26.7 Å². The molecule has 23 heavy (non-hydrogen) atoms. The van der Waals surface area contributed by atoms with Gasteiger partial charge in [-0.25, -0.2) is 0 Å². The van der Waals surface area contributed by atoms with Gasteiger partial charge in [-0.15, -0.1) is 0 Å². The van der Waals surface area contributed by atoms with Crippen molar-refractivity contribution in [3.63, 3.8) is 0 Å². The average Bonchev–Trinajstić information content (AvgIpc) is 2.54. The maximum atomic E-state index is 9.46. The van der Waals surface area contributed by atoms with Gasteiger partial charge in [-0.1, -0.05) is 58.3 Å². The average molecular weight is 392 g/mol. The van der Waals surface area contributed by atoms with Crippen molar-refractivity contribution in [3.05, 3.63) is 0 Å². The fourth-order valence-corrected chi connectivity index (χ4v) is 4.19. The van der Waals surface area contributed by atoms with Crippen molar-refractivity contribution in [3.8, 4) is 0 Å². The first-order valence-corrected chi connectivity index (χ1v) is 10.2. The van der Waals surface area contributed by atoms with Gasteiger partial charge in [0.15, 0.2) is 0 Å². The minimum absolute atomic E-state index is 0. The van der Waals surface area contributed by atoms with E-state index in [9.17, 15) is 5.11 Å². The molecule has 1 unspecified atom stereocenters. The normalized spacial score (nSPS) is 18.4. The molecule has 1 saturated carbocycles. The van der Waals surface area contributed by atoms with Gasteiger partial charge in [-0.05, 0) is 38.5 Å². The van der Waals surface area contributed by atoms with Crippen molar-refractivity contribution in [2.45, 2.75) is 103 Å². The molecule has 0 amide bonds. The molecule has 0 aliphatic heterocycles. The Balaban J connectivity index is 0.00000484. The lowest BCUT2D eigenvalue weighted by Crippen LogP contribution is -3.00. The first kappa shape index (κ1) is 23.4. The summed E-state index contributed by atoms with van der Waals surface area (Å²) in [6.07, 6.45) is 19.7. The molecule has 0 spiro atoms. The Kier molecular flexibility index (Phi) is 15.0. The number of aliphatic hydroxyl groups excluding tert-OH is 1. The van der Waals surface area contributed by atoms with E-state index in [-0.39, 0.29) is 17.0 Å². The van der Waals surface area contributed by atoms with Gasteiger partial charge < -0.3 is 26.6 Å². The first-order valence-electron chi connectivity index (χ1n) is 10.2. The molecule has 1 aliphatic rings. The quantitative estimate of drug-likeness (QED) is 0.377. The number of halogens is 1. The maximum Gasteiger partial charge on any atom is 0.102 e. The Bertz CT molecular complexity index is 256. The summed E-state index contributed by atoms with van der Waals surface area (Å²) in [4.78, 5) is 0. The van der Waals surface area contributed by atoms with E-state index in [1.807, 2.05) is 0 Å². The second kappa shape index (κ2) is 14.7. The summed E-state index contributed by atoms with van der Waals surface area (Å²) in [6.45, 7) is 4.88. The van der Waals surface area contributed by atoms with Gasteiger partial charge >= 0.3 is 0 Å². The van der Waals surface area contributed by atoms with E-state index in [0.29, 0.717) is 6.61 Å². The van der Waals surface area contributed by atoms with Crippen LogP contribution in [0.1, 0.15) is 96.8 Å². The largest absolute Gasteiger partial charge is 1.00 e. The van der Waals surface area contributed by atoms with E-state index in [4.69, 9.17) is 0 Å². The van der Waals surface area contributed by atoms with E-state index in [0.717, 1.165) is 17.1 Å². The number of nitrogens with zero attached hydrogens (tertiary/aromatic N) is 1. The van der Waals surface area contributed by atoms with E-state index in [1.54, 1.807) is 0 Å². The number of hydrogen-bond acceptors (Lipinski definition) is 1. The van der Waals surface area contributed by atoms with E-state index >= 15 is 0 Å². The summed E-state index contributed by atoms with van der Waals surface area (Å²) < 4.78 is 1.13. The van der Waals surface area contributed by atoms with Gasteiger partial charge in [0, 0.05) is 0 Å². The van der Waals surface area contributed by atoms with Crippen molar-refractivity contribution in [2.24, 2.45) is 0 Å². The minimum Gasteiger partial charge on any atom is -1.00 e. The Labute approximate surface area is 156 Å². The lowest BCUT2D eigenvalue weighted by Gasteiger charge is -2.43. The Morgan fingerprint density at radius 3 is 1.83 bits per heavy atom. The van der Waals surface area contributed by atoms with Crippen LogP contribution in [0.25, 0.3) is 0 Å². The molecule has 1 rings (SSSR count). The third kappa shape index (κ3) is 10.1. The number of aliphatic hydroxyl groups is 1. The maximum absolute atomic E-state index is 9.46. The van der Waals surface area contributed by atoms with Crippen LogP contribution < -0.4 is 17.0 Å². The molecule has 1 fully saturated rings. The van der Waals surface area contributed by atoms with Gasteiger partial charge in [-0.2, -0.15) is 0 Å². The SMILES string of the molecule is CCCCCCCCCCC[N+](C)(CCO)C1CCCCC1.[Br-]. The number of quaternary nitrogens is 1. The molecule has 0 heterocycles. The van der Waals surface area contributed by atoms with Crippen molar-refractivity contribution >= 4 is 0 Å². The van der Waals surface area contributed by atoms with Gasteiger partial charge in [0.05, 0.1) is 26.2 Å². The summed E-state index contributed by atoms with van der Waals surface area (Å²) in [5, 5.41) is 9.46. The highest BCUT2D eigenvalue weighted by Crippen LogP contribution is 2.27. The zero-order valence-electron chi connectivity index (χ0n) is 15.9. The van der Waals surface area contributed by atoms with Crippen LogP contribution in [-0.4, -0.2) is 42.4 Å². The lowest BCUT2D eigenvalue weighted by molar-refractivity contribution is -0.935. The number of likely N-dealkylation sites (N-methyl/N-ethyl adjacent to an activating group) is 1. The molecule has 1 N–H and O–H groups in total. The van der Waals surface area contributed by atoms with Gasteiger partial charge in [0.25, 0.3) is 0 Å². The molecule has 0 radical (unpaired) electrons. The van der Waals surface area contributed by atoms with Crippen LogP contribution in [0.3, 0.4) is 0 Å². The predicted octanol–water partition coefficient (Wildman–Crippen LogP) is 2.29. The minimum atomic E-state index is 0. The first-order chi connectivity index (χ1) is 10.7. The number of unbranched alkanes of at least 4 members (excludes halogenated alkanes) is 8. The fourth-order valence-electron chi connectivity index (χ4n) is 4.19. The summed E-state index contributed by atoms with van der Waals surface area (Å²) in [7, 11) is 2.40. The Hall–Kier alpha value is 0.400. The molecule has 3 heteroatoms. The van der Waals surface area contributed by atoms with Gasteiger partial charge in [-0.3, -0.25) is 0 Å². The molecule has 0 aromatic carbocycles. The van der Waals surface area contributed by atoms with Crippen LogP contribution in [0.5, 0.6) is 0 Å². The zero-order valence-corrected chi connectivity index (χ0v) is 17.5. The molecule has 0 saturated heterocycles. The molecule has 1 aliphatic carbocycles. The van der Waals surface area contributed by atoms with Crippen LogP contribution in [0, 0.1) is 0 Å². The van der Waals surface area contributed by atoms with E-state index in [2.05, 4.69) is 14.0 Å². The third-order valence-electron chi connectivity index (χ3n) is 5.84. The number of rotatable bonds is 13. The Morgan fingerprint density at radius 2 is 1.30 bits per heavy atom. The summed E-state index contributed by atoms with van der Waals surface area (Å²) in [6, 6.07) is 0.815. The highest BCUT2D eigenvalue weighted by Gasteiger charge is 2.32. The third-order valence-corrected chi connectivity index (χ3v) is 5.84. The molecular formula is C20H42BrNO. The summed E-state index contributed by atoms with van der Waals surface area (Å²) in [5.41, 5.74) is 0. The van der Waals surface area contributed by atoms with Crippen molar-refractivity contribution in [1.29, 1.82) is 0 Å². The molecule has 0 aromatic rings. The molecule has 140 valence electrons. The highest BCUT2D eigenvalue weighted by atomic mass is 79.9. The molecular weight excluding hydrogens is 350 g/mol. The van der Waals surface area contributed by atoms with Crippen LogP contribution in [-0.2, 0) is 0 Å². The van der Waals surface area contributed by atoms with E-state index < -0.39 is 0 Å². The molecule has 0 bridgehead atoms. The summed E-state index contributed by atoms with van der Waals surface area (Å²) in [5.74, 6) is 0. The van der Waals surface area contributed by atoms with Crippen molar-refractivity contribution in [1.82, 2.24) is 0 Å². The topological polar surface area (TPSA) is 20.2 Å². The van der Waals surface area contributed by atoms with Crippen LogP contribution in [0.4, 0.5) is 0 Å². The lowest BCUT2D eigenvalue weighted by atomic mass is 9.92. The fraction of sp³-hybridized carbons (Fsp3) is 1.00. The zero-order chi connectivity index (χ0) is 16.1. The molecule has 1 atom stereocenters. The van der Waals surface area contributed by atoms with Gasteiger partial charge in [0.1, 0.15) is 6.54 Å². The Morgan fingerprint density at radius 1 is 0.783 bits per heavy atom. The smallest absolute Gasteiger partial charge is 0.102 e. The van der Waals surface area contributed by atoms with E-state index in [1.165, 1.54) is 96.4 Å².